The first kappa shape index (κ1) is 35.6. The Balaban J connectivity index is 1.32. The number of anilines is 3. The molecule has 1 N–H and O–H groups in total. The average molecular weight is 762 g/mol. The molecule has 55 heavy (non-hydrogen) atoms. The molecule has 2 saturated heterocycles. The van der Waals surface area contributed by atoms with Gasteiger partial charge in [0, 0.05) is 42.7 Å². The Morgan fingerprint density at radius 3 is 2.05 bits per heavy atom. The average Bonchev–Trinajstić information content (AvgIpc) is 3.55. The number of phenolic OH excluding ortho intramolecular Hbond substituents is 1. The number of nitro benzene ring substituents is 2. The number of hydrogen-bond donors (Lipinski definition) is 1. The molecule has 4 aromatic carbocycles. The molecule has 2 aliphatic carbocycles. The molecular weight excluding hydrogens is 730 g/mol. The molecule has 8 rings (SSSR count). The van der Waals surface area contributed by atoms with Crippen molar-refractivity contribution >= 4 is 63.7 Å². The maximum absolute atomic E-state index is 15.3. The monoisotopic (exact) mass is 761 g/mol. The van der Waals surface area contributed by atoms with Gasteiger partial charge in [0.25, 0.3) is 0 Å². The highest BCUT2D eigenvalue weighted by Crippen LogP contribution is 2.65. The third kappa shape index (κ3) is 5.08. The van der Waals surface area contributed by atoms with Gasteiger partial charge in [-0.2, -0.15) is 0 Å². The lowest BCUT2D eigenvalue weighted by Gasteiger charge is -2.50. The van der Waals surface area contributed by atoms with Gasteiger partial charge >= 0.3 is 11.4 Å². The zero-order chi connectivity index (χ0) is 39.1. The van der Waals surface area contributed by atoms with E-state index in [1.54, 1.807) is 72.8 Å². The molecule has 0 radical (unpaired) electrons. The summed E-state index contributed by atoms with van der Waals surface area (Å²) in [5, 5.41) is 36.2. The molecule has 0 aromatic heterocycles. The number of halogens is 1. The SMILES string of the molecule is CN(C)c1c([N+](=O)[O-])cc(N2C(=O)C3CC=C4C(CC5C(=O)N(c6cccc(Cl)c6)C(=O)C5(c5ccccc5)C4c4ccccc4O)C3C2=O)cc1[N+](=O)[O-]. The molecule has 15 heteroatoms. The van der Waals surface area contributed by atoms with E-state index >= 15 is 4.79 Å². The van der Waals surface area contributed by atoms with E-state index in [9.17, 15) is 39.7 Å². The zero-order valence-electron chi connectivity index (χ0n) is 29.4. The van der Waals surface area contributed by atoms with E-state index in [2.05, 4.69) is 0 Å². The van der Waals surface area contributed by atoms with Crippen molar-refractivity contribution in [2.45, 2.75) is 24.2 Å². The van der Waals surface area contributed by atoms with Crippen molar-refractivity contribution in [1.82, 2.24) is 0 Å². The number of nitro groups is 2. The van der Waals surface area contributed by atoms with Gasteiger partial charge in [-0.25, -0.2) is 9.80 Å². The Morgan fingerprint density at radius 2 is 1.44 bits per heavy atom. The van der Waals surface area contributed by atoms with E-state index < -0.39 is 79.9 Å². The van der Waals surface area contributed by atoms with Gasteiger partial charge in [-0.3, -0.25) is 39.4 Å². The highest BCUT2D eigenvalue weighted by Gasteiger charge is 2.70. The smallest absolute Gasteiger partial charge is 0.301 e. The Bertz CT molecular complexity index is 2370. The molecule has 1 saturated carbocycles. The minimum Gasteiger partial charge on any atom is -0.508 e. The number of aromatic hydroxyl groups is 1. The largest absolute Gasteiger partial charge is 0.508 e. The van der Waals surface area contributed by atoms with Gasteiger partial charge in [0.2, 0.25) is 23.6 Å². The van der Waals surface area contributed by atoms with Crippen LogP contribution in [0, 0.1) is 43.9 Å². The summed E-state index contributed by atoms with van der Waals surface area (Å²) in [5.41, 5.74) is -1.85. The van der Waals surface area contributed by atoms with E-state index in [0.717, 1.165) is 21.9 Å². The standard InChI is InChI=1S/C40H32ClN5O9/c1-42(2)35-30(45(52)53)18-24(19-31(35)46(54)55)43-36(48)27-16-15-25-28(33(27)38(43)50)20-29-37(49)44(23-12-8-11-22(41)17-23)39(51)40(29,21-9-4-3-5-10-21)34(25)26-13-6-7-14-32(26)47/h3-15,17-19,27-29,33-34,47H,16,20H2,1-2H3. The van der Waals surface area contributed by atoms with Gasteiger partial charge in [-0.05, 0) is 48.6 Å². The molecule has 4 amide bonds. The zero-order valence-corrected chi connectivity index (χ0v) is 30.1. The molecule has 0 spiro atoms. The molecule has 14 nitrogen and oxygen atoms in total. The number of rotatable bonds is 7. The molecule has 2 aliphatic heterocycles. The van der Waals surface area contributed by atoms with Gasteiger partial charge in [0.05, 0.1) is 44.4 Å². The number of hydrogen-bond acceptors (Lipinski definition) is 10. The molecule has 3 fully saturated rings. The highest BCUT2D eigenvalue weighted by molar-refractivity contribution is 6.32. The lowest BCUT2D eigenvalue weighted by Crippen LogP contribution is -2.53. The van der Waals surface area contributed by atoms with E-state index in [-0.39, 0.29) is 35.7 Å². The molecule has 6 unspecified atom stereocenters. The fraction of sp³-hybridized carbons (Fsp3) is 0.250. The first-order valence-electron chi connectivity index (χ1n) is 17.5. The lowest BCUT2D eigenvalue weighted by atomic mass is 9.49. The fourth-order valence-corrected chi connectivity index (χ4v) is 9.71. The topological polar surface area (TPSA) is 185 Å². The number of carbonyl (C=O) groups excluding carboxylic acids is 4. The van der Waals surface area contributed by atoms with Crippen molar-refractivity contribution in [3.8, 4) is 5.75 Å². The van der Waals surface area contributed by atoms with Crippen LogP contribution in [0.25, 0.3) is 0 Å². The van der Waals surface area contributed by atoms with Crippen molar-refractivity contribution in [2.24, 2.45) is 23.7 Å². The van der Waals surface area contributed by atoms with Crippen LogP contribution >= 0.6 is 11.6 Å². The van der Waals surface area contributed by atoms with Crippen molar-refractivity contribution in [2.75, 3.05) is 28.8 Å². The summed E-state index contributed by atoms with van der Waals surface area (Å²) in [6.07, 6.45) is 1.79. The summed E-state index contributed by atoms with van der Waals surface area (Å²) >= 11 is 6.36. The number of benzene rings is 4. The third-order valence-electron chi connectivity index (χ3n) is 11.6. The maximum atomic E-state index is 15.3. The summed E-state index contributed by atoms with van der Waals surface area (Å²) in [6, 6.07) is 23.7. The highest BCUT2D eigenvalue weighted by atomic mass is 35.5. The van der Waals surface area contributed by atoms with Gasteiger partial charge < -0.3 is 10.0 Å². The second-order valence-electron chi connectivity index (χ2n) is 14.4. The third-order valence-corrected chi connectivity index (χ3v) is 11.8. The fourth-order valence-electron chi connectivity index (χ4n) is 9.53. The Hall–Kier alpha value is -6.41. The van der Waals surface area contributed by atoms with E-state index in [4.69, 9.17) is 11.6 Å². The van der Waals surface area contributed by atoms with Crippen molar-refractivity contribution in [3.05, 3.63) is 139 Å². The van der Waals surface area contributed by atoms with Crippen LogP contribution in [0.15, 0.2) is 103 Å². The molecular formula is C40H32ClN5O9. The van der Waals surface area contributed by atoms with Crippen LogP contribution in [-0.2, 0) is 24.6 Å². The molecule has 0 bridgehead atoms. The Kier molecular flexibility index (Phi) is 8.33. The predicted octanol–water partition coefficient (Wildman–Crippen LogP) is 6.30. The van der Waals surface area contributed by atoms with Crippen LogP contribution in [0.2, 0.25) is 5.02 Å². The Labute approximate surface area is 318 Å². The number of amides is 4. The Morgan fingerprint density at radius 1 is 0.782 bits per heavy atom. The minimum atomic E-state index is -1.61. The summed E-state index contributed by atoms with van der Waals surface area (Å²) in [7, 11) is 2.82. The van der Waals surface area contributed by atoms with Crippen LogP contribution < -0.4 is 14.7 Å². The summed E-state index contributed by atoms with van der Waals surface area (Å²) in [4.78, 5) is 85.0. The molecule has 2 heterocycles. The van der Waals surface area contributed by atoms with Crippen LogP contribution in [0.4, 0.5) is 28.4 Å². The number of para-hydroxylation sites is 1. The second kappa shape index (κ2) is 12.9. The van der Waals surface area contributed by atoms with Gasteiger partial charge in [-0.1, -0.05) is 77.8 Å². The molecule has 4 aromatic rings. The predicted molar refractivity (Wildman–Crippen MR) is 201 cm³/mol. The summed E-state index contributed by atoms with van der Waals surface area (Å²) in [6.45, 7) is 0. The van der Waals surface area contributed by atoms with Crippen molar-refractivity contribution in [3.63, 3.8) is 0 Å². The van der Waals surface area contributed by atoms with Crippen LogP contribution in [-0.4, -0.2) is 52.7 Å². The van der Waals surface area contributed by atoms with Crippen molar-refractivity contribution in [1.29, 1.82) is 0 Å². The van der Waals surface area contributed by atoms with Crippen LogP contribution in [0.1, 0.15) is 29.9 Å². The summed E-state index contributed by atoms with van der Waals surface area (Å²) < 4.78 is 0. The number of phenols is 1. The molecule has 4 aliphatic rings. The number of allylic oxidation sites excluding steroid dienone is 2. The summed E-state index contributed by atoms with van der Waals surface area (Å²) in [5.74, 6) is -7.61. The number of carbonyl (C=O) groups is 4. The molecule has 6 atom stereocenters. The number of nitrogens with zero attached hydrogens (tertiary/aromatic N) is 5. The van der Waals surface area contributed by atoms with Crippen LogP contribution in [0.3, 0.4) is 0 Å². The van der Waals surface area contributed by atoms with Gasteiger partial charge in [0.15, 0.2) is 5.69 Å². The van der Waals surface area contributed by atoms with E-state index in [0.29, 0.717) is 21.7 Å². The first-order valence-corrected chi connectivity index (χ1v) is 17.9. The number of imide groups is 2. The lowest BCUT2D eigenvalue weighted by molar-refractivity contribution is -0.392. The second-order valence-corrected chi connectivity index (χ2v) is 14.8. The van der Waals surface area contributed by atoms with Gasteiger partial charge in [-0.15, -0.1) is 0 Å². The quantitative estimate of drug-likeness (QED) is 0.0971. The maximum Gasteiger partial charge on any atom is 0.301 e. The minimum absolute atomic E-state index is 0.0251. The van der Waals surface area contributed by atoms with Gasteiger partial charge in [0.1, 0.15) is 5.75 Å². The van der Waals surface area contributed by atoms with E-state index in [1.807, 2.05) is 0 Å². The number of fused-ring (bicyclic) bond motifs is 4. The normalized spacial score (nSPS) is 25.7. The van der Waals surface area contributed by atoms with Crippen molar-refractivity contribution < 1.29 is 34.1 Å². The van der Waals surface area contributed by atoms with E-state index in [1.165, 1.54) is 31.1 Å². The molecule has 278 valence electrons. The van der Waals surface area contributed by atoms with Crippen LogP contribution in [0.5, 0.6) is 5.75 Å². The first-order chi connectivity index (χ1) is 26.3.